The molecule has 156 valence electrons. The van der Waals surface area contributed by atoms with Crippen molar-refractivity contribution in [3.63, 3.8) is 0 Å². The maximum absolute atomic E-state index is 12.0. The zero-order valence-corrected chi connectivity index (χ0v) is 18.5. The van der Waals surface area contributed by atoms with Gasteiger partial charge in [0.1, 0.15) is 0 Å². The van der Waals surface area contributed by atoms with Crippen molar-refractivity contribution >= 4 is 40.5 Å². The third kappa shape index (κ3) is 5.42. The van der Waals surface area contributed by atoms with E-state index in [9.17, 15) is 4.79 Å². The monoisotopic (exact) mass is 431 g/mol. The Hall–Kier alpha value is -1.80. The minimum Gasteiger partial charge on any atom is -0.398 e. The first-order valence-electron chi connectivity index (χ1n) is 9.84. The number of piperidine rings is 1. The first kappa shape index (κ1) is 21.9. The van der Waals surface area contributed by atoms with Gasteiger partial charge in [-0.25, -0.2) is 0 Å². The average molecular weight is 432 g/mol. The van der Waals surface area contributed by atoms with Gasteiger partial charge in [0, 0.05) is 43.0 Å². The number of ether oxygens (including phenoxy) is 1. The van der Waals surface area contributed by atoms with E-state index in [0.717, 1.165) is 66.3 Å². The van der Waals surface area contributed by atoms with E-state index in [4.69, 9.17) is 16.2 Å². The van der Waals surface area contributed by atoms with Gasteiger partial charge >= 0.3 is 0 Å². The van der Waals surface area contributed by atoms with Crippen LogP contribution in [0.3, 0.4) is 0 Å². The number of nitrogens with zero attached hydrogens (tertiary/aromatic N) is 1. The highest BCUT2D eigenvalue weighted by atomic mass is 32.2. The van der Waals surface area contributed by atoms with E-state index in [1.807, 2.05) is 29.5 Å². The zero-order chi connectivity index (χ0) is 20.8. The van der Waals surface area contributed by atoms with E-state index >= 15 is 0 Å². The molecule has 0 radical (unpaired) electrons. The Morgan fingerprint density at radius 2 is 2.07 bits per heavy atom. The molecule has 3 rings (SSSR count). The standard InChI is InChI=1S/C22H29N3O2S2/c1-15(16-6-8-25(9-7-16)29-12-4-10-27-2)18-13-17(20-5-3-11-28-20)14-19(21(18)23)22(24)26/h3,5,11,13-14,16H,1,4,6-10,12,23H2,2H3,(H2,24,26). The molecule has 1 aliphatic heterocycles. The quantitative estimate of drug-likeness (QED) is 0.347. The lowest BCUT2D eigenvalue weighted by molar-refractivity contribution is 0.100. The number of carbonyl (C=O) groups is 1. The summed E-state index contributed by atoms with van der Waals surface area (Å²) < 4.78 is 7.55. The molecular formula is C22H29N3O2S2. The van der Waals surface area contributed by atoms with Crippen molar-refractivity contribution in [2.45, 2.75) is 19.3 Å². The van der Waals surface area contributed by atoms with Crippen molar-refractivity contribution < 1.29 is 9.53 Å². The summed E-state index contributed by atoms with van der Waals surface area (Å²) >= 11 is 3.52. The number of amides is 1. The number of hydrogen-bond acceptors (Lipinski definition) is 6. The summed E-state index contributed by atoms with van der Waals surface area (Å²) in [5.41, 5.74) is 15.6. The Morgan fingerprint density at radius 1 is 1.34 bits per heavy atom. The van der Waals surface area contributed by atoms with Gasteiger partial charge < -0.3 is 16.2 Å². The number of rotatable bonds is 9. The van der Waals surface area contributed by atoms with Gasteiger partial charge in [-0.1, -0.05) is 24.6 Å². The fourth-order valence-electron chi connectivity index (χ4n) is 3.66. The highest BCUT2D eigenvalue weighted by Gasteiger charge is 2.25. The Morgan fingerprint density at radius 3 is 2.69 bits per heavy atom. The van der Waals surface area contributed by atoms with Crippen LogP contribution in [-0.2, 0) is 4.74 Å². The van der Waals surface area contributed by atoms with Crippen molar-refractivity contribution in [3.05, 3.63) is 47.4 Å². The lowest BCUT2D eigenvalue weighted by Gasteiger charge is -2.32. The predicted molar refractivity (Wildman–Crippen MR) is 125 cm³/mol. The van der Waals surface area contributed by atoms with Gasteiger partial charge in [0.05, 0.1) is 11.3 Å². The lowest BCUT2D eigenvalue weighted by atomic mass is 9.84. The summed E-state index contributed by atoms with van der Waals surface area (Å²) in [6.07, 6.45) is 3.13. The molecule has 2 aromatic rings. The normalized spacial score (nSPS) is 15.5. The van der Waals surface area contributed by atoms with Crippen LogP contribution >= 0.6 is 23.3 Å². The second kappa shape index (κ2) is 10.3. The van der Waals surface area contributed by atoms with Gasteiger partial charge in [-0.15, -0.1) is 11.3 Å². The van der Waals surface area contributed by atoms with Gasteiger partial charge in [-0.05, 0) is 59.9 Å². The van der Waals surface area contributed by atoms with E-state index in [0.29, 0.717) is 17.2 Å². The summed E-state index contributed by atoms with van der Waals surface area (Å²) in [4.78, 5) is 13.1. The van der Waals surface area contributed by atoms with Crippen LogP contribution in [0, 0.1) is 5.92 Å². The molecule has 1 aliphatic rings. The van der Waals surface area contributed by atoms with Crippen LogP contribution in [0.2, 0.25) is 0 Å². The number of benzene rings is 1. The number of anilines is 1. The highest BCUT2D eigenvalue weighted by Crippen LogP contribution is 2.39. The Bertz CT molecular complexity index is 844. The third-order valence-corrected chi connectivity index (χ3v) is 7.43. The molecule has 0 unspecified atom stereocenters. The van der Waals surface area contributed by atoms with Gasteiger partial charge in [0.15, 0.2) is 0 Å². The number of nitrogens with two attached hydrogens (primary N) is 2. The number of primary amides is 1. The van der Waals surface area contributed by atoms with Gasteiger partial charge in [-0.2, -0.15) is 0 Å². The Kier molecular flexibility index (Phi) is 7.77. The molecular weight excluding hydrogens is 402 g/mol. The number of carbonyl (C=O) groups excluding carboxylic acids is 1. The molecule has 1 aromatic heterocycles. The fraction of sp³-hybridized carbons (Fsp3) is 0.409. The second-order valence-corrected chi connectivity index (χ2v) is 9.37. The molecule has 7 heteroatoms. The predicted octanol–water partition coefficient (Wildman–Crippen LogP) is 4.51. The molecule has 2 heterocycles. The molecule has 0 saturated carbocycles. The number of nitrogen functional groups attached to an aromatic ring is 1. The summed E-state index contributed by atoms with van der Waals surface area (Å²) in [6.45, 7) is 7.23. The van der Waals surface area contributed by atoms with Crippen LogP contribution < -0.4 is 11.5 Å². The summed E-state index contributed by atoms with van der Waals surface area (Å²) in [7, 11) is 1.74. The van der Waals surface area contributed by atoms with E-state index in [2.05, 4.69) is 17.0 Å². The van der Waals surface area contributed by atoms with Gasteiger partial charge in [0.2, 0.25) is 0 Å². The molecule has 4 N–H and O–H groups in total. The minimum absolute atomic E-state index is 0.354. The molecule has 0 aliphatic carbocycles. The summed E-state index contributed by atoms with van der Waals surface area (Å²) in [5, 5.41) is 2.02. The molecule has 1 aromatic carbocycles. The molecule has 0 bridgehead atoms. The Labute approximate surface area is 181 Å². The third-order valence-electron chi connectivity index (χ3n) is 5.31. The first-order chi connectivity index (χ1) is 14.0. The number of allylic oxidation sites excluding steroid dienone is 1. The van der Waals surface area contributed by atoms with E-state index < -0.39 is 5.91 Å². The van der Waals surface area contributed by atoms with Crippen molar-refractivity contribution in [2.24, 2.45) is 11.7 Å². The molecule has 1 saturated heterocycles. The lowest BCUT2D eigenvalue weighted by Crippen LogP contribution is -2.29. The minimum atomic E-state index is -0.503. The van der Waals surface area contributed by atoms with E-state index in [-0.39, 0.29) is 0 Å². The maximum atomic E-state index is 12.0. The molecule has 0 atom stereocenters. The summed E-state index contributed by atoms with van der Waals surface area (Å²) in [6, 6.07) is 7.88. The average Bonchev–Trinajstić information content (AvgIpc) is 3.26. The molecule has 1 fully saturated rings. The number of methoxy groups -OCH3 is 1. The zero-order valence-electron chi connectivity index (χ0n) is 16.9. The second-order valence-electron chi connectivity index (χ2n) is 7.23. The highest BCUT2D eigenvalue weighted by molar-refractivity contribution is 7.97. The van der Waals surface area contributed by atoms with E-state index in [1.165, 1.54) is 0 Å². The smallest absolute Gasteiger partial charge is 0.250 e. The summed E-state index contributed by atoms with van der Waals surface area (Å²) in [5.74, 6) is 0.932. The van der Waals surface area contributed by atoms with Crippen LogP contribution in [0.4, 0.5) is 5.69 Å². The Balaban J connectivity index is 1.73. The van der Waals surface area contributed by atoms with Crippen molar-refractivity contribution in [3.8, 4) is 10.4 Å². The topological polar surface area (TPSA) is 81.6 Å². The van der Waals surface area contributed by atoms with Crippen molar-refractivity contribution in [2.75, 3.05) is 38.3 Å². The first-order valence-corrected chi connectivity index (χ1v) is 11.7. The van der Waals surface area contributed by atoms with Crippen LogP contribution in [0.5, 0.6) is 0 Å². The van der Waals surface area contributed by atoms with Gasteiger partial charge in [0.25, 0.3) is 5.91 Å². The SMILES string of the molecule is C=C(c1cc(-c2cccs2)cc(C(N)=O)c1N)C1CCN(SCCCOC)CC1. The largest absolute Gasteiger partial charge is 0.398 e. The van der Waals surface area contributed by atoms with Gasteiger partial charge in [-0.3, -0.25) is 9.10 Å². The van der Waals surface area contributed by atoms with Crippen LogP contribution in [0.15, 0.2) is 36.2 Å². The van der Waals surface area contributed by atoms with E-state index in [1.54, 1.807) is 24.5 Å². The maximum Gasteiger partial charge on any atom is 0.250 e. The fourth-order valence-corrected chi connectivity index (χ4v) is 5.35. The molecule has 0 spiro atoms. The number of hydrogen-bond donors (Lipinski definition) is 2. The van der Waals surface area contributed by atoms with Crippen molar-refractivity contribution in [1.82, 2.24) is 4.31 Å². The number of thiophene rings is 1. The van der Waals surface area contributed by atoms with Crippen molar-refractivity contribution in [1.29, 1.82) is 0 Å². The van der Waals surface area contributed by atoms with Crippen LogP contribution in [-0.4, -0.2) is 42.8 Å². The molecule has 1 amide bonds. The molecule has 5 nitrogen and oxygen atoms in total. The molecule has 29 heavy (non-hydrogen) atoms. The van der Waals surface area contributed by atoms with Crippen LogP contribution in [0.1, 0.15) is 35.2 Å². The van der Waals surface area contributed by atoms with Crippen LogP contribution in [0.25, 0.3) is 16.0 Å².